The van der Waals surface area contributed by atoms with Gasteiger partial charge in [-0.05, 0) is 6.07 Å². The van der Waals surface area contributed by atoms with Crippen molar-refractivity contribution in [3.8, 4) is 0 Å². The van der Waals surface area contributed by atoms with Crippen molar-refractivity contribution >= 4 is 33.5 Å². The zero-order chi connectivity index (χ0) is 11.4. The smallest absolute Gasteiger partial charge is 0.152 e. The van der Waals surface area contributed by atoms with Gasteiger partial charge in [0.05, 0.1) is 11.0 Å². The topological polar surface area (TPSA) is 21.5 Å². The van der Waals surface area contributed by atoms with E-state index in [0.29, 0.717) is 0 Å². The van der Waals surface area contributed by atoms with E-state index in [1.807, 2.05) is 30.5 Å². The molecule has 0 saturated heterocycles. The summed E-state index contributed by atoms with van der Waals surface area (Å²) >= 11 is 0. The van der Waals surface area contributed by atoms with E-state index in [-0.39, 0.29) is 0 Å². The standard InChI is InChI=1S/C15H9NO/c17-9-10-8-16-14-7-2-1-4-12(14)13-6-3-5-11(10)15(13)16/h1-9H. The Morgan fingerprint density at radius 2 is 1.65 bits per heavy atom. The molecule has 0 radical (unpaired) electrons. The molecule has 2 nitrogen and oxygen atoms in total. The minimum absolute atomic E-state index is 0.761. The third kappa shape index (κ3) is 0.929. The summed E-state index contributed by atoms with van der Waals surface area (Å²) < 4.78 is 2.11. The van der Waals surface area contributed by atoms with Gasteiger partial charge in [-0.25, -0.2) is 0 Å². The van der Waals surface area contributed by atoms with Gasteiger partial charge in [-0.3, -0.25) is 4.79 Å². The number of nitrogens with zero attached hydrogens (tertiary/aromatic N) is 1. The van der Waals surface area contributed by atoms with Gasteiger partial charge in [-0.1, -0.05) is 36.4 Å². The Morgan fingerprint density at radius 3 is 2.53 bits per heavy atom. The van der Waals surface area contributed by atoms with Crippen LogP contribution in [0.2, 0.25) is 0 Å². The van der Waals surface area contributed by atoms with Gasteiger partial charge in [0, 0.05) is 27.9 Å². The molecule has 0 aliphatic carbocycles. The molecule has 2 aromatic heterocycles. The number of carbonyl (C=O) groups is 1. The number of fused-ring (bicyclic) bond motifs is 3. The van der Waals surface area contributed by atoms with Gasteiger partial charge in [-0.15, -0.1) is 0 Å². The van der Waals surface area contributed by atoms with Gasteiger partial charge >= 0.3 is 0 Å². The van der Waals surface area contributed by atoms with E-state index in [9.17, 15) is 4.79 Å². The number of para-hydroxylation sites is 2. The van der Waals surface area contributed by atoms with Crippen molar-refractivity contribution in [1.29, 1.82) is 0 Å². The first-order chi connectivity index (χ1) is 8.40. The van der Waals surface area contributed by atoms with Crippen molar-refractivity contribution in [2.45, 2.75) is 0 Å². The number of hydrogen-bond donors (Lipinski definition) is 0. The molecular formula is C15H9NO. The van der Waals surface area contributed by atoms with Crippen LogP contribution in [0.1, 0.15) is 10.4 Å². The van der Waals surface area contributed by atoms with Gasteiger partial charge in [0.2, 0.25) is 0 Å². The number of hydrogen-bond acceptors (Lipinski definition) is 1. The van der Waals surface area contributed by atoms with E-state index in [1.165, 1.54) is 10.8 Å². The van der Waals surface area contributed by atoms with Crippen LogP contribution in [0.25, 0.3) is 27.2 Å². The quantitative estimate of drug-likeness (QED) is 0.449. The van der Waals surface area contributed by atoms with Gasteiger partial charge in [0.25, 0.3) is 0 Å². The number of benzene rings is 2. The molecule has 0 unspecified atom stereocenters. The lowest BCUT2D eigenvalue weighted by atomic mass is 10.1. The van der Waals surface area contributed by atoms with Crippen molar-refractivity contribution < 1.29 is 4.79 Å². The minimum atomic E-state index is 0.761. The molecule has 0 aliphatic heterocycles. The fourth-order valence-corrected chi connectivity index (χ4v) is 2.72. The average Bonchev–Trinajstić information content (AvgIpc) is 2.91. The molecule has 17 heavy (non-hydrogen) atoms. The zero-order valence-corrected chi connectivity index (χ0v) is 9.05. The molecule has 80 valence electrons. The Labute approximate surface area is 97.4 Å². The predicted molar refractivity (Wildman–Crippen MR) is 69.0 cm³/mol. The SMILES string of the molecule is O=Cc1cn2c3ccccc3c3cccc1c32. The predicted octanol–water partition coefficient (Wildman–Crippen LogP) is 3.50. The van der Waals surface area contributed by atoms with E-state index in [0.717, 1.165) is 28.3 Å². The van der Waals surface area contributed by atoms with E-state index in [2.05, 4.69) is 22.6 Å². The third-order valence-electron chi connectivity index (χ3n) is 3.44. The monoisotopic (exact) mass is 219 g/mol. The maximum Gasteiger partial charge on any atom is 0.152 e. The molecule has 2 heteroatoms. The van der Waals surface area contributed by atoms with Crippen LogP contribution in [0.5, 0.6) is 0 Å². The summed E-state index contributed by atoms with van der Waals surface area (Å²) in [5.41, 5.74) is 3.07. The van der Waals surface area contributed by atoms with Crippen LogP contribution >= 0.6 is 0 Å². The van der Waals surface area contributed by atoms with Gasteiger partial charge in [-0.2, -0.15) is 0 Å². The normalized spacial score (nSPS) is 11.8. The largest absolute Gasteiger partial charge is 0.315 e. The lowest BCUT2D eigenvalue weighted by Gasteiger charge is -1.92. The number of carbonyl (C=O) groups excluding carboxylic acids is 1. The van der Waals surface area contributed by atoms with Crippen molar-refractivity contribution in [2.75, 3.05) is 0 Å². The maximum atomic E-state index is 11.1. The molecule has 0 spiro atoms. The van der Waals surface area contributed by atoms with Gasteiger partial charge in [0.1, 0.15) is 0 Å². The summed E-state index contributed by atoms with van der Waals surface area (Å²) in [6.07, 6.45) is 2.85. The summed E-state index contributed by atoms with van der Waals surface area (Å²) in [5.74, 6) is 0. The molecule has 0 aliphatic rings. The van der Waals surface area contributed by atoms with Crippen LogP contribution in [0, 0.1) is 0 Å². The van der Waals surface area contributed by atoms with Crippen molar-refractivity contribution in [3.05, 3.63) is 54.2 Å². The van der Waals surface area contributed by atoms with Crippen molar-refractivity contribution in [3.63, 3.8) is 0 Å². The Morgan fingerprint density at radius 1 is 0.882 bits per heavy atom. The molecule has 2 heterocycles. The minimum Gasteiger partial charge on any atom is -0.315 e. The third-order valence-corrected chi connectivity index (χ3v) is 3.44. The Hall–Kier alpha value is -2.35. The second-order valence-corrected chi connectivity index (χ2v) is 4.29. The van der Waals surface area contributed by atoms with Crippen LogP contribution < -0.4 is 0 Å². The number of aldehydes is 1. The second kappa shape index (κ2) is 2.86. The molecule has 2 aromatic carbocycles. The van der Waals surface area contributed by atoms with Crippen LogP contribution in [-0.2, 0) is 0 Å². The van der Waals surface area contributed by atoms with Crippen LogP contribution in [-0.4, -0.2) is 10.7 Å². The molecule has 0 atom stereocenters. The Balaban J connectivity index is 2.44. The lowest BCUT2D eigenvalue weighted by molar-refractivity contribution is 0.112. The first-order valence-corrected chi connectivity index (χ1v) is 5.59. The summed E-state index contributed by atoms with van der Waals surface area (Å²) in [6, 6.07) is 14.4. The Kier molecular flexibility index (Phi) is 1.47. The van der Waals surface area contributed by atoms with Crippen LogP contribution in [0.15, 0.2) is 48.7 Å². The highest BCUT2D eigenvalue weighted by molar-refractivity contribution is 6.17. The molecule has 0 N–H and O–H groups in total. The van der Waals surface area contributed by atoms with Crippen molar-refractivity contribution in [1.82, 2.24) is 4.40 Å². The highest BCUT2D eigenvalue weighted by atomic mass is 16.1. The maximum absolute atomic E-state index is 11.1. The first kappa shape index (κ1) is 8.76. The number of aromatic nitrogens is 1. The van der Waals surface area contributed by atoms with Crippen LogP contribution in [0.4, 0.5) is 0 Å². The van der Waals surface area contributed by atoms with Crippen LogP contribution in [0.3, 0.4) is 0 Å². The number of rotatable bonds is 1. The highest BCUT2D eigenvalue weighted by Crippen LogP contribution is 2.33. The molecule has 4 aromatic rings. The molecular weight excluding hydrogens is 210 g/mol. The van der Waals surface area contributed by atoms with E-state index >= 15 is 0 Å². The summed E-state index contributed by atoms with van der Waals surface area (Å²) in [6.45, 7) is 0. The van der Waals surface area contributed by atoms with E-state index in [4.69, 9.17) is 0 Å². The van der Waals surface area contributed by atoms with Gasteiger partial charge < -0.3 is 4.40 Å². The summed E-state index contributed by atoms with van der Waals surface area (Å²) in [7, 11) is 0. The summed E-state index contributed by atoms with van der Waals surface area (Å²) in [4.78, 5) is 11.1. The van der Waals surface area contributed by atoms with E-state index < -0.39 is 0 Å². The fraction of sp³-hybridized carbons (Fsp3) is 0. The average molecular weight is 219 g/mol. The van der Waals surface area contributed by atoms with Crippen molar-refractivity contribution in [2.24, 2.45) is 0 Å². The van der Waals surface area contributed by atoms with Gasteiger partial charge in [0.15, 0.2) is 6.29 Å². The Bertz CT molecular complexity index is 857. The molecule has 0 amide bonds. The molecule has 0 bridgehead atoms. The second-order valence-electron chi connectivity index (χ2n) is 4.29. The zero-order valence-electron chi connectivity index (χ0n) is 9.05. The molecule has 0 saturated carbocycles. The van der Waals surface area contributed by atoms with E-state index in [1.54, 1.807) is 0 Å². The molecule has 0 fully saturated rings. The fourth-order valence-electron chi connectivity index (χ4n) is 2.72. The lowest BCUT2D eigenvalue weighted by Crippen LogP contribution is -1.76. The first-order valence-electron chi connectivity index (χ1n) is 5.59. The molecule has 4 rings (SSSR count). The summed E-state index contributed by atoms with van der Waals surface area (Å²) in [5, 5.41) is 3.49. The highest BCUT2D eigenvalue weighted by Gasteiger charge is 2.13.